The second kappa shape index (κ2) is 6.85. The van der Waals surface area contributed by atoms with Crippen LogP contribution in [0.1, 0.15) is 28.5 Å². The normalized spacial score (nSPS) is 10.2. The molecule has 0 fully saturated rings. The van der Waals surface area contributed by atoms with Gasteiger partial charge in [0, 0.05) is 23.1 Å². The molecule has 21 heavy (non-hydrogen) atoms. The predicted octanol–water partition coefficient (Wildman–Crippen LogP) is 2.53. The molecule has 0 aliphatic rings. The quantitative estimate of drug-likeness (QED) is 0.886. The van der Waals surface area contributed by atoms with Crippen LogP contribution < -0.4 is 10.1 Å². The first-order chi connectivity index (χ1) is 10.1. The number of nitrogens with one attached hydrogen (secondary N) is 1. The van der Waals surface area contributed by atoms with Gasteiger partial charge in [-0.1, -0.05) is 0 Å². The molecule has 2 rings (SSSR count). The standard InChI is InChI=1S/C16H18N2O3/c1-3-21-15-7-6-14(8-13(15)10-19)18-16(20)12-5-4-11(2)17-9-12/h4-9,19H,3,10H2,1-2H3,(H,18,20). The molecule has 1 amide bonds. The molecule has 1 aromatic carbocycles. The van der Waals surface area contributed by atoms with Crippen LogP contribution >= 0.6 is 0 Å². The number of aromatic nitrogens is 1. The van der Waals surface area contributed by atoms with Crippen molar-refractivity contribution in [2.24, 2.45) is 0 Å². The third kappa shape index (κ3) is 3.79. The van der Waals surface area contributed by atoms with Gasteiger partial charge in [0.1, 0.15) is 5.75 Å². The van der Waals surface area contributed by atoms with Crippen LogP contribution in [0, 0.1) is 6.92 Å². The number of carbonyl (C=O) groups is 1. The van der Waals surface area contributed by atoms with E-state index in [1.54, 1.807) is 30.3 Å². The topological polar surface area (TPSA) is 71.5 Å². The second-order valence-corrected chi connectivity index (χ2v) is 4.56. The van der Waals surface area contributed by atoms with Gasteiger partial charge in [0.15, 0.2) is 0 Å². The van der Waals surface area contributed by atoms with Crippen LogP contribution in [-0.2, 0) is 6.61 Å². The van der Waals surface area contributed by atoms with Crippen molar-refractivity contribution in [3.05, 3.63) is 53.3 Å². The molecule has 0 atom stereocenters. The van der Waals surface area contributed by atoms with Gasteiger partial charge in [-0.2, -0.15) is 0 Å². The molecule has 0 saturated carbocycles. The maximum absolute atomic E-state index is 12.1. The third-order valence-corrected chi connectivity index (χ3v) is 2.96. The van der Waals surface area contributed by atoms with E-state index >= 15 is 0 Å². The van der Waals surface area contributed by atoms with E-state index in [0.717, 1.165) is 5.69 Å². The predicted molar refractivity (Wildman–Crippen MR) is 80.5 cm³/mol. The highest BCUT2D eigenvalue weighted by atomic mass is 16.5. The first-order valence-electron chi connectivity index (χ1n) is 6.74. The Morgan fingerprint density at radius 2 is 2.14 bits per heavy atom. The SMILES string of the molecule is CCOc1ccc(NC(=O)c2ccc(C)nc2)cc1CO. The maximum atomic E-state index is 12.1. The summed E-state index contributed by atoms with van der Waals surface area (Å²) in [5.74, 6) is 0.380. The van der Waals surface area contributed by atoms with Crippen LogP contribution in [0.5, 0.6) is 5.75 Å². The van der Waals surface area contributed by atoms with Gasteiger partial charge < -0.3 is 15.2 Å². The van der Waals surface area contributed by atoms with E-state index in [1.807, 2.05) is 13.8 Å². The van der Waals surface area contributed by atoms with Gasteiger partial charge in [0.25, 0.3) is 5.91 Å². The average molecular weight is 286 g/mol. The number of aliphatic hydroxyl groups is 1. The maximum Gasteiger partial charge on any atom is 0.257 e. The van der Waals surface area contributed by atoms with Crippen molar-refractivity contribution < 1.29 is 14.6 Å². The Morgan fingerprint density at radius 3 is 2.76 bits per heavy atom. The molecular weight excluding hydrogens is 268 g/mol. The van der Waals surface area contributed by atoms with E-state index in [2.05, 4.69) is 10.3 Å². The number of nitrogens with zero attached hydrogens (tertiary/aromatic N) is 1. The molecule has 2 aromatic rings. The lowest BCUT2D eigenvalue weighted by atomic mass is 10.1. The molecule has 110 valence electrons. The monoisotopic (exact) mass is 286 g/mol. The van der Waals surface area contributed by atoms with Crippen molar-refractivity contribution in [1.82, 2.24) is 4.98 Å². The molecule has 0 aliphatic heterocycles. The third-order valence-electron chi connectivity index (χ3n) is 2.96. The van der Waals surface area contributed by atoms with Crippen LogP contribution in [-0.4, -0.2) is 22.6 Å². The summed E-state index contributed by atoms with van der Waals surface area (Å²) in [6, 6.07) is 8.68. The number of pyridine rings is 1. The van der Waals surface area contributed by atoms with E-state index < -0.39 is 0 Å². The van der Waals surface area contributed by atoms with Gasteiger partial charge in [0.2, 0.25) is 0 Å². The Bertz CT molecular complexity index is 624. The smallest absolute Gasteiger partial charge is 0.257 e. The molecule has 0 bridgehead atoms. The summed E-state index contributed by atoms with van der Waals surface area (Å²) >= 11 is 0. The highest BCUT2D eigenvalue weighted by Crippen LogP contribution is 2.23. The number of aliphatic hydroxyl groups excluding tert-OH is 1. The Balaban J connectivity index is 2.15. The summed E-state index contributed by atoms with van der Waals surface area (Å²) in [5.41, 5.74) is 2.58. The van der Waals surface area contributed by atoms with Gasteiger partial charge in [0.05, 0.1) is 18.8 Å². The molecule has 2 N–H and O–H groups in total. The number of hydrogen-bond donors (Lipinski definition) is 2. The summed E-state index contributed by atoms with van der Waals surface area (Å²) in [7, 11) is 0. The fourth-order valence-electron chi connectivity index (χ4n) is 1.88. The van der Waals surface area contributed by atoms with Gasteiger partial charge in [-0.25, -0.2) is 0 Å². The molecule has 0 unspecified atom stereocenters. The van der Waals surface area contributed by atoms with E-state index in [0.29, 0.717) is 29.2 Å². The fourth-order valence-corrected chi connectivity index (χ4v) is 1.88. The lowest BCUT2D eigenvalue weighted by molar-refractivity contribution is 0.102. The van der Waals surface area contributed by atoms with Crippen LogP contribution in [0.25, 0.3) is 0 Å². The molecule has 5 nitrogen and oxygen atoms in total. The molecule has 0 aliphatic carbocycles. The van der Waals surface area contributed by atoms with Crippen LogP contribution in [0.2, 0.25) is 0 Å². The number of ether oxygens (including phenoxy) is 1. The lowest BCUT2D eigenvalue weighted by Gasteiger charge is -2.11. The minimum Gasteiger partial charge on any atom is -0.494 e. The summed E-state index contributed by atoms with van der Waals surface area (Å²) in [6.07, 6.45) is 1.53. The number of carbonyl (C=O) groups excluding carboxylic acids is 1. The van der Waals surface area contributed by atoms with Crippen molar-refractivity contribution in [3.63, 3.8) is 0 Å². The lowest BCUT2D eigenvalue weighted by Crippen LogP contribution is -2.12. The van der Waals surface area contributed by atoms with Crippen molar-refractivity contribution >= 4 is 11.6 Å². The minimum absolute atomic E-state index is 0.148. The molecule has 1 heterocycles. The minimum atomic E-state index is -0.240. The van der Waals surface area contributed by atoms with E-state index in [4.69, 9.17) is 4.74 Å². The van der Waals surface area contributed by atoms with E-state index in [1.165, 1.54) is 6.20 Å². The highest BCUT2D eigenvalue weighted by Gasteiger charge is 2.09. The Labute approximate surface area is 123 Å². The zero-order valence-corrected chi connectivity index (χ0v) is 12.1. The Kier molecular flexibility index (Phi) is 4.90. The number of anilines is 1. The number of aryl methyl sites for hydroxylation is 1. The zero-order valence-electron chi connectivity index (χ0n) is 12.1. The van der Waals surface area contributed by atoms with Gasteiger partial charge in [-0.05, 0) is 44.2 Å². The Hall–Kier alpha value is -2.40. The fraction of sp³-hybridized carbons (Fsp3) is 0.250. The molecular formula is C16H18N2O3. The number of benzene rings is 1. The second-order valence-electron chi connectivity index (χ2n) is 4.56. The van der Waals surface area contributed by atoms with E-state index in [-0.39, 0.29) is 12.5 Å². The van der Waals surface area contributed by atoms with Crippen molar-refractivity contribution in [3.8, 4) is 5.75 Å². The molecule has 5 heteroatoms. The first kappa shape index (κ1) is 15.0. The summed E-state index contributed by atoms with van der Waals surface area (Å²) in [4.78, 5) is 16.2. The summed E-state index contributed by atoms with van der Waals surface area (Å²) in [5, 5.41) is 12.1. The average Bonchev–Trinajstić information content (AvgIpc) is 2.49. The van der Waals surface area contributed by atoms with E-state index in [9.17, 15) is 9.90 Å². The van der Waals surface area contributed by atoms with Crippen LogP contribution in [0.4, 0.5) is 5.69 Å². The van der Waals surface area contributed by atoms with Gasteiger partial charge in [-0.3, -0.25) is 9.78 Å². The summed E-state index contributed by atoms with van der Waals surface area (Å²) in [6.45, 7) is 4.11. The van der Waals surface area contributed by atoms with Crippen LogP contribution in [0.3, 0.4) is 0 Å². The molecule has 0 radical (unpaired) electrons. The van der Waals surface area contributed by atoms with Gasteiger partial charge >= 0.3 is 0 Å². The number of rotatable bonds is 5. The van der Waals surface area contributed by atoms with Crippen LogP contribution in [0.15, 0.2) is 36.5 Å². The van der Waals surface area contributed by atoms with Crippen molar-refractivity contribution in [2.75, 3.05) is 11.9 Å². The Morgan fingerprint density at radius 1 is 1.33 bits per heavy atom. The van der Waals surface area contributed by atoms with Crippen molar-refractivity contribution in [2.45, 2.75) is 20.5 Å². The summed E-state index contributed by atoms with van der Waals surface area (Å²) < 4.78 is 5.40. The molecule has 0 saturated heterocycles. The highest BCUT2D eigenvalue weighted by molar-refractivity contribution is 6.04. The molecule has 1 aromatic heterocycles. The number of hydrogen-bond acceptors (Lipinski definition) is 4. The largest absolute Gasteiger partial charge is 0.494 e. The van der Waals surface area contributed by atoms with Crippen molar-refractivity contribution in [1.29, 1.82) is 0 Å². The molecule has 0 spiro atoms. The number of amides is 1. The van der Waals surface area contributed by atoms with Gasteiger partial charge in [-0.15, -0.1) is 0 Å². The zero-order chi connectivity index (χ0) is 15.2. The first-order valence-corrected chi connectivity index (χ1v) is 6.74.